The van der Waals surface area contributed by atoms with Gasteiger partial charge in [-0.15, -0.1) is 5.10 Å². The van der Waals surface area contributed by atoms with E-state index in [1.54, 1.807) is 0 Å². The lowest BCUT2D eigenvalue weighted by Crippen LogP contribution is -2.09. The zero-order valence-corrected chi connectivity index (χ0v) is 10.6. The van der Waals surface area contributed by atoms with Gasteiger partial charge in [0, 0.05) is 13.2 Å². The normalized spacial score (nSPS) is 17.1. The number of hydrogen-bond donors (Lipinski definition) is 0. The van der Waals surface area contributed by atoms with Crippen molar-refractivity contribution in [1.29, 1.82) is 0 Å². The third-order valence-electron chi connectivity index (χ3n) is 3.10. The first-order valence-electron chi connectivity index (χ1n) is 6.50. The number of ether oxygens (including phenoxy) is 2. The molecule has 1 saturated carbocycles. The van der Waals surface area contributed by atoms with E-state index in [0.29, 0.717) is 19.3 Å². The molecule has 1 heterocycles. The van der Waals surface area contributed by atoms with Crippen LogP contribution in [0.3, 0.4) is 0 Å². The van der Waals surface area contributed by atoms with E-state index in [2.05, 4.69) is 10.3 Å². The smallest absolute Gasteiger partial charge is 0.204 e. The van der Waals surface area contributed by atoms with Crippen LogP contribution in [0.4, 0.5) is 0 Å². The van der Waals surface area contributed by atoms with Gasteiger partial charge in [-0.25, -0.2) is 4.68 Å². The summed E-state index contributed by atoms with van der Waals surface area (Å²) in [5.74, 6) is 0. The highest BCUT2D eigenvalue weighted by molar-refractivity contribution is 4.96. The van der Waals surface area contributed by atoms with Crippen LogP contribution in [0.25, 0.3) is 0 Å². The SMILES string of the molecule is CCOC(OCC)c1cn(C2CCCC2)nn1. The van der Waals surface area contributed by atoms with Gasteiger partial charge in [0.05, 0.1) is 12.2 Å². The molecule has 2 rings (SSSR count). The standard InChI is InChI=1S/C12H21N3O2/c1-3-16-12(17-4-2)11-9-15(14-13-11)10-7-5-6-8-10/h9-10,12H,3-8H2,1-2H3. The van der Waals surface area contributed by atoms with Gasteiger partial charge in [-0.3, -0.25) is 0 Å². The zero-order valence-electron chi connectivity index (χ0n) is 10.6. The molecule has 0 radical (unpaired) electrons. The quantitative estimate of drug-likeness (QED) is 0.715. The summed E-state index contributed by atoms with van der Waals surface area (Å²) in [5.41, 5.74) is 0.778. The molecule has 0 saturated heterocycles. The molecule has 96 valence electrons. The monoisotopic (exact) mass is 239 g/mol. The molecule has 1 aliphatic rings. The summed E-state index contributed by atoms with van der Waals surface area (Å²) in [6, 6.07) is 0.514. The topological polar surface area (TPSA) is 49.2 Å². The molecule has 0 N–H and O–H groups in total. The van der Waals surface area contributed by atoms with Crippen molar-refractivity contribution in [2.75, 3.05) is 13.2 Å². The Labute approximate surface area is 102 Å². The molecule has 0 aliphatic heterocycles. The largest absolute Gasteiger partial charge is 0.347 e. The van der Waals surface area contributed by atoms with Gasteiger partial charge in [0.15, 0.2) is 0 Å². The van der Waals surface area contributed by atoms with E-state index in [4.69, 9.17) is 9.47 Å². The lowest BCUT2D eigenvalue weighted by atomic mass is 10.2. The summed E-state index contributed by atoms with van der Waals surface area (Å²) >= 11 is 0. The minimum absolute atomic E-state index is 0.375. The van der Waals surface area contributed by atoms with E-state index in [9.17, 15) is 0 Å². The van der Waals surface area contributed by atoms with Crippen molar-refractivity contribution in [3.63, 3.8) is 0 Å². The summed E-state index contributed by atoms with van der Waals surface area (Å²) in [6.45, 7) is 5.13. The Morgan fingerprint density at radius 1 is 1.29 bits per heavy atom. The first kappa shape index (κ1) is 12.5. The number of rotatable bonds is 6. The zero-order chi connectivity index (χ0) is 12.1. The second kappa shape index (κ2) is 6.12. The molecule has 0 aromatic carbocycles. The molecule has 0 unspecified atom stereocenters. The first-order chi connectivity index (χ1) is 8.35. The highest BCUT2D eigenvalue weighted by Gasteiger charge is 2.21. The van der Waals surface area contributed by atoms with Gasteiger partial charge >= 0.3 is 0 Å². The van der Waals surface area contributed by atoms with Gasteiger partial charge in [-0.05, 0) is 26.7 Å². The van der Waals surface area contributed by atoms with Gasteiger partial charge in [-0.2, -0.15) is 0 Å². The molecule has 1 aromatic rings. The Bertz CT molecular complexity index is 328. The average Bonchev–Trinajstić information content (AvgIpc) is 2.99. The maximum Gasteiger partial charge on any atom is 0.204 e. The van der Waals surface area contributed by atoms with E-state index in [0.717, 1.165) is 5.69 Å². The fourth-order valence-electron chi connectivity index (χ4n) is 2.27. The Kier molecular flexibility index (Phi) is 4.50. The van der Waals surface area contributed by atoms with Crippen LogP contribution in [-0.2, 0) is 9.47 Å². The van der Waals surface area contributed by atoms with E-state index >= 15 is 0 Å². The van der Waals surface area contributed by atoms with E-state index in [1.165, 1.54) is 25.7 Å². The van der Waals surface area contributed by atoms with Crippen molar-refractivity contribution in [3.8, 4) is 0 Å². The Morgan fingerprint density at radius 2 is 1.94 bits per heavy atom. The average molecular weight is 239 g/mol. The van der Waals surface area contributed by atoms with E-state index in [1.807, 2.05) is 24.7 Å². The van der Waals surface area contributed by atoms with Crippen LogP contribution in [0, 0.1) is 0 Å². The molecule has 5 heteroatoms. The lowest BCUT2D eigenvalue weighted by Gasteiger charge is -2.13. The second-order valence-corrected chi connectivity index (χ2v) is 4.30. The summed E-state index contributed by atoms with van der Waals surface area (Å²) in [5, 5.41) is 8.35. The molecule has 17 heavy (non-hydrogen) atoms. The molecule has 1 aliphatic carbocycles. The van der Waals surface area contributed by atoms with Gasteiger partial charge < -0.3 is 9.47 Å². The van der Waals surface area contributed by atoms with Crippen LogP contribution in [0.1, 0.15) is 57.6 Å². The highest BCUT2D eigenvalue weighted by atomic mass is 16.7. The van der Waals surface area contributed by atoms with Crippen LogP contribution in [0.5, 0.6) is 0 Å². The number of nitrogens with zero attached hydrogens (tertiary/aromatic N) is 3. The maximum absolute atomic E-state index is 5.51. The molecule has 5 nitrogen and oxygen atoms in total. The fraction of sp³-hybridized carbons (Fsp3) is 0.833. The van der Waals surface area contributed by atoms with E-state index < -0.39 is 0 Å². The number of aromatic nitrogens is 3. The maximum atomic E-state index is 5.51. The number of hydrogen-bond acceptors (Lipinski definition) is 4. The Balaban J connectivity index is 2.03. The van der Waals surface area contributed by atoms with Crippen LogP contribution in [0.2, 0.25) is 0 Å². The molecule has 1 fully saturated rings. The van der Waals surface area contributed by atoms with Crippen molar-refractivity contribution in [2.24, 2.45) is 0 Å². The summed E-state index contributed by atoms with van der Waals surface area (Å²) in [6.07, 6.45) is 6.58. The van der Waals surface area contributed by atoms with E-state index in [-0.39, 0.29) is 6.29 Å². The molecule has 1 aromatic heterocycles. The van der Waals surface area contributed by atoms with Gasteiger partial charge in [0.25, 0.3) is 0 Å². The fourth-order valence-corrected chi connectivity index (χ4v) is 2.27. The third kappa shape index (κ3) is 3.04. The Morgan fingerprint density at radius 3 is 2.53 bits per heavy atom. The minimum atomic E-state index is -0.375. The first-order valence-corrected chi connectivity index (χ1v) is 6.50. The van der Waals surface area contributed by atoms with Gasteiger partial charge in [-0.1, -0.05) is 18.1 Å². The minimum Gasteiger partial charge on any atom is -0.347 e. The van der Waals surface area contributed by atoms with Crippen molar-refractivity contribution >= 4 is 0 Å². The van der Waals surface area contributed by atoms with Crippen molar-refractivity contribution < 1.29 is 9.47 Å². The molecule has 0 atom stereocenters. The van der Waals surface area contributed by atoms with Crippen LogP contribution >= 0.6 is 0 Å². The lowest BCUT2D eigenvalue weighted by molar-refractivity contribution is -0.142. The highest BCUT2D eigenvalue weighted by Crippen LogP contribution is 2.29. The van der Waals surface area contributed by atoms with Crippen LogP contribution in [0.15, 0.2) is 6.20 Å². The van der Waals surface area contributed by atoms with Gasteiger partial charge in [0.2, 0.25) is 6.29 Å². The summed E-state index contributed by atoms with van der Waals surface area (Å²) < 4.78 is 13.0. The third-order valence-corrected chi connectivity index (χ3v) is 3.10. The molecule has 0 spiro atoms. The van der Waals surface area contributed by atoms with Crippen LogP contribution in [-0.4, -0.2) is 28.2 Å². The molecule has 0 bridgehead atoms. The van der Waals surface area contributed by atoms with Gasteiger partial charge in [0.1, 0.15) is 5.69 Å². The predicted octanol–water partition coefficient (Wildman–Crippen LogP) is 2.46. The second-order valence-electron chi connectivity index (χ2n) is 4.30. The Hall–Kier alpha value is -0.940. The van der Waals surface area contributed by atoms with Crippen molar-refractivity contribution in [3.05, 3.63) is 11.9 Å². The van der Waals surface area contributed by atoms with Crippen molar-refractivity contribution in [2.45, 2.75) is 51.9 Å². The molecular formula is C12H21N3O2. The summed E-state index contributed by atoms with van der Waals surface area (Å²) in [4.78, 5) is 0. The summed E-state index contributed by atoms with van der Waals surface area (Å²) in [7, 11) is 0. The molecular weight excluding hydrogens is 218 g/mol. The molecule has 0 amide bonds. The van der Waals surface area contributed by atoms with Crippen molar-refractivity contribution in [1.82, 2.24) is 15.0 Å². The predicted molar refractivity (Wildman–Crippen MR) is 63.5 cm³/mol. The van der Waals surface area contributed by atoms with Crippen LogP contribution < -0.4 is 0 Å².